The molecule has 31 heavy (non-hydrogen) atoms. The second kappa shape index (κ2) is 7.69. The molecule has 1 aromatic heterocycles. The number of methoxy groups -OCH3 is 1. The van der Waals surface area contributed by atoms with Gasteiger partial charge in [-0.05, 0) is 46.7 Å². The first-order valence-electron chi connectivity index (χ1n) is 9.95. The quantitative estimate of drug-likeness (QED) is 0.350. The zero-order valence-electron chi connectivity index (χ0n) is 16.9. The fraction of sp³-hybridized carbons (Fsp3) is 0.0769. The van der Waals surface area contributed by atoms with Crippen LogP contribution in [0.15, 0.2) is 84.9 Å². The van der Waals surface area contributed by atoms with Gasteiger partial charge in [0.05, 0.1) is 23.7 Å². The summed E-state index contributed by atoms with van der Waals surface area (Å²) in [5.41, 5.74) is 3.98. The van der Waals surface area contributed by atoms with E-state index in [-0.39, 0.29) is 5.82 Å². The van der Waals surface area contributed by atoms with Crippen molar-refractivity contribution in [2.45, 2.75) is 6.54 Å². The van der Waals surface area contributed by atoms with Crippen LogP contribution in [0.5, 0.6) is 0 Å². The van der Waals surface area contributed by atoms with Crippen LogP contribution in [0.25, 0.3) is 33.2 Å². The van der Waals surface area contributed by atoms with Crippen molar-refractivity contribution in [2.75, 3.05) is 7.11 Å². The molecular formula is C26H19FN2O2. The van der Waals surface area contributed by atoms with E-state index in [0.717, 1.165) is 38.8 Å². The highest BCUT2D eigenvalue weighted by Crippen LogP contribution is 2.32. The smallest absolute Gasteiger partial charge is 0.337 e. The first-order valence-corrected chi connectivity index (χ1v) is 9.95. The predicted octanol–water partition coefficient (Wildman–Crippen LogP) is 5.83. The van der Waals surface area contributed by atoms with E-state index in [1.807, 2.05) is 30.3 Å². The Morgan fingerprint density at radius 1 is 0.968 bits per heavy atom. The molecule has 0 unspecified atom stereocenters. The van der Waals surface area contributed by atoms with E-state index >= 15 is 0 Å². The Morgan fingerprint density at radius 3 is 2.55 bits per heavy atom. The average Bonchev–Trinajstić information content (AvgIpc) is 3.17. The van der Waals surface area contributed by atoms with Crippen molar-refractivity contribution in [3.05, 3.63) is 102 Å². The molecule has 5 heteroatoms. The van der Waals surface area contributed by atoms with Crippen LogP contribution in [0.3, 0.4) is 0 Å². The second-order valence-corrected chi connectivity index (χ2v) is 7.37. The third kappa shape index (κ3) is 3.44. The maximum absolute atomic E-state index is 13.4. The van der Waals surface area contributed by atoms with Gasteiger partial charge < -0.3 is 9.30 Å². The molecule has 4 nitrogen and oxygen atoms in total. The average molecular weight is 410 g/mol. The van der Waals surface area contributed by atoms with Crippen LogP contribution in [-0.4, -0.2) is 22.6 Å². The predicted molar refractivity (Wildman–Crippen MR) is 120 cm³/mol. The number of nitrogens with zero attached hydrogens (tertiary/aromatic N) is 2. The highest BCUT2D eigenvalue weighted by atomic mass is 19.1. The largest absolute Gasteiger partial charge is 0.465 e. The summed E-state index contributed by atoms with van der Waals surface area (Å²) in [5.74, 6) is 0.114. The van der Waals surface area contributed by atoms with Gasteiger partial charge in [0.1, 0.15) is 11.6 Å². The van der Waals surface area contributed by atoms with Gasteiger partial charge in [-0.15, -0.1) is 0 Å². The Balaban J connectivity index is 1.76. The zero-order chi connectivity index (χ0) is 21.4. The number of hydrogen-bond donors (Lipinski definition) is 0. The monoisotopic (exact) mass is 410 g/mol. The van der Waals surface area contributed by atoms with Crippen LogP contribution in [0.1, 0.15) is 15.9 Å². The van der Waals surface area contributed by atoms with Crippen LogP contribution in [0.2, 0.25) is 0 Å². The molecule has 0 aliphatic carbocycles. The lowest BCUT2D eigenvalue weighted by molar-refractivity contribution is 0.0601. The maximum Gasteiger partial charge on any atom is 0.337 e. The minimum atomic E-state index is -0.400. The van der Waals surface area contributed by atoms with Gasteiger partial charge >= 0.3 is 5.97 Å². The molecule has 152 valence electrons. The summed E-state index contributed by atoms with van der Waals surface area (Å²) in [4.78, 5) is 17.0. The number of imidazole rings is 1. The second-order valence-electron chi connectivity index (χ2n) is 7.37. The van der Waals surface area contributed by atoms with E-state index in [2.05, 4.69) is 22.8 Å². The van der Waals surface area contributed by atoms with E-state index in [1.165, 1.54) is 19.2 Å². The molecule has 0 radical (unpaired) electrons. The van der Waals surface area contributed by atoms with Gasteiger partial charge in [0.2, 0.25) is 0 Å². The highest BCUT2D eigenvalue weighted by Gasteiger charge is 2.17. The highest BCUT2D eigenvalue weighted by molar-refractivity contribution is 5.98. The van der Waals surface area contributed by atoms with Gasteiger partial charge in [-0.1, -0.05) is 54.6 Å². The van der Waals surface area contributed by atoms with Crippen molar-refractivity contribution in [2.24, 2.45) is 0 Å². The lowest BCUT2D eigenvalue weighted by Crippen LogP contribution is -2.04. The first-order chi connectivity index (χ1) is 15.1. The van der Waals surface area contributed by atoms with Crippen LogP contribution < -0.4 is 0 Å². The third-order valence-corrected chi connectivity index (χ3v) is 5.45. The number of ether oxygens (including phenoxy) is 1. The maximum atomic E-state index is 13.4. The summed E-state index contributed by atoms with van der Waals surface area (Å²) < 4.78 is 20.4. The van der Waals surface area contributed by atoms with Crippen molar-refractivity contribution in [1.29, 1.82) is 0 Å². The summed E-state index contributed by atoms with van der Waals surface area (Å²) in [6.45, 7) is 0.486. The number of carbonyl (C=O) groups is 1. The molecule has 0 aliphatic rings. The number of esters is 1. The summed E-state index contributed by atoms with van der Waals surface area (Å²) in [6.07, 6.45) is 0. The van der Waals surface area contributed by atoms with Gasteiger partial charge in [-0.2, -0.15) is 0 Å². The van der Waals surface area contributed by atoms with Gasteiger partial charge in [-0.3, -0.25) is 0 Å². The normalized spacial score (nSPS) is 11.2. The molecule has 4 aromatic carbocycles. The molecule has 1 heterocycles. The fourth-order valence-corrected chi connectivity index (χ4v) is 3.93. The summed E-state index contributed by atoms with van der Waals surface area (Å²) in [6, 6.07) is 26.1. The molecule has 0 saturated heterocycles. The number of hydrogen-bond acceptors (Lipinski definition) is 3. The van der Waals surface area contributed by atoms with Crippen molar-refractivity contribution >= 4 is 27.8 Å². The number of halogens is 1. The van der Waals surface area contributed by atoms with Gasteiger partial charge in [0.15, 0.2) is 0 Å². The molecule has 0 atom stereocenters. The third-order valence-electron chi connectivity index (χ3n) is 5.45. The molecule has 5 rings (SSSR count). The van der Waals surface area contributed by atoms with E-state index in [9.17, 15) is 9.18 Å². The number of fused-ring (bicyclic) bond motifs is 2. The Labute approximate surface area is 178 Å². The van der Waals surface area contributed by atoms with Crippen LogP contribution in [0.4, 0.5) is 4.39 Å². The summed E-state index contributed by atoms with van der Waals surface area (Å²) >= 11 is 0. The number of aromatic nitrogens is 2. The van der Waals surface area contributed by atoms with Gasteiger partial charge in [0.25, 0.3) is 0 Å². The fourth-order valence-electron chi connectivity index (χ4n) is 3.93. The van der Waals surface area contributed by atoms with E-state index in [4.69, 9.17) is 9.72 Å². The van der Waals surface area contributed by atoms with E-state index < -0.39 is 5.97 Å². The topological polar surface area (TPSA) is 44.1 Å². The van der Waals surface area contributed by atoms with Crippen LogP contribution >= 0.6 is 0 Å². The summed E-state index contributed by atoms with van der Waals surface area (Å²) in [7, 11) is 1.36. The minimum Gasteiger partial charge on any atom is -0.465 e. The zero-order valence-corrected chi connectivity index (χ0v) is 16.9. The molecule has 0 spiro atoms. The minimum absolute atomic E-state index is 0.276. The SMILES string of the molecule is COC(=O)c1ccc2nc(-c3cccc4ccccc34)n(Cc3ccc(F)cc3)c2c1. The molecule has 0 bridgehead atoms. The molecule has 0 aliphatic heterocycles. The lowest BCUT2D eigenvalue weighted by Gasteiger charge is -2.12. The van der Waals surface area contributed by atoms with Crippen molar-refractivity contribution in [3.8, 4) is 11.4 Å². The number of benzene rings is 4. The Morgan fingerprint density at radius 2 is 1.74 bits per heavy atom. The molecule has 0 saturated carbocycles. The van der Waals surface area contributed by atoms with Crippen LogP contribution in [0, 0.1) is 5.82 Å². The van der Waals surface area contributed by atoms with Crippen LogP contribution in [-0.2, 0) is 11.3 Å². The Bertz CT molecular complexity index is 1420. The molecule has 5 aromatic rings. The molecular weight excluding hydrogens is 391 g/mol. The number of rotatable bonds is 4. The van der Waals surface area contributed by atoms with Gasteiger partial charge in [0, 0.05) is 12.1 Å². The number of carbonyl (C=O) groups excluding carboxylic acids is 1. The molecule has 0 N–H and O–H groups in total. The van der Waals surface area contributed by atoms with E-state index in [1.54, 1.807) is 24.3 Å². The van der Waals surface area contributed by atoms with Crippen molar-refractivity contribution < 1.29 is 13.9 Å². The van der Waals surface area contributed by atoms with E-state index in [0.29, 0.717) is 12.1 Å². The first kappa shape index (κ1) is 19.0. The Hall–Kier alpha value is -3.99. The molecule has 0 fully saturated rings. The Kier molecular flexibility index (Phi) is 4.71. The standard InChI is InChI=1S/C26H19FN2O2/c1-31-26(30)19-11-14-23-24(15-19)29(16-17-9-12-20(27)13-10-17)25(28-23)22-8-4-6-18-5-2-3-7-21(18)22/h2-15H,16H2,1H3. The summed E-state index contributed by atoms with van der Waals surface area (Å²) in [5, 5.41) is 2.21. The van der Waals surface area contributed by atoms with Crippen molar-refractivity contribution in [3.63, 3.8) is 0 Å². The van der Waals surface area contributed by atoms with Crippen molar-refractivity contribution in [1.82, 2.24) is 9.55 Å². The van der Waals surface area contributed by atoms with Gasteiger partial charge in [-0.25, -0.2) is 14.2 Å². The lowest BCUT2D eigenvalue weighted by atomic mass is 10.0. The molecule has 0 amide bonds.